The zero-order valence-electron chi connectivity index (χ0n) is 11.5. The van der Waals surface area contributed by atoms with Crippen LogP contribution in [0.1, 0.15) is 37.5 Å². The molecule has 100 valence electrons. The first-order valence-electron chi connectivity index (χ1n) is 6.72. The van der Waals surface area contributed by atoms with Crippen LogP contribution < -0.4 is 5.32 Å². The molecular formula is C16H25NO. The number of rotatable bonds is 8. The Morgan fingerprint density at radius 1 is 1.28 bits per heavy atom. The van der Waals surface area contributed by atoms with Gasteiger partial charge in [0.2, 0.25) is 0 Å². The third kappa shape index (κ3) is 5.48. The third-order valence-corrected chi connectivity index (χ3v) is 2.87. The minimum absolute atomic E-state index is 0.428. The predicted octanol–water partition coefficient (Wildman–Crippen LogP) is 3.08. The molecule has 1 atom stereocenters. The number of hydrogen-bond acceptors (Lipinski definition) is 2. The lowest BCUT2D eigenvalue weighted by Crippen LogP contribution is -2.22. The summed E-state index contributed by atoms with van der Waals surface area (Å²) in [5, 5.41) is 13.2. The van der Waals surface area contributed by atoms with Crippen LogP contribution in [0.2, 0.25) is 0 Å². The van der Waals surface area contributed by atoms with Crippen molar-refractivity contribution < 1.29 is 5.11 Å². The second-order valence-electron chi connectivity index (χ2n) is 5.14. The second-order valence-corrected chi connectivity index (χ2v) is 5.14. The van der Waals surface area contributed by atoms with Gasteiger partial charge in [-0.1, -0.05) is 44.2 Å². The van der Waals surface area contributed by atoms with Gasteiger partial charge in [0.25, 0.3) is 0 Å². The molecule has 0 radical (unpaired) electrons. The molecule has 0 aliphatic carbocycles. The van der Waals surface area contributed by atoms with Crippen LogP contribution in [0.5, 0.6) is 0 Å². The molecule has 0 aliphatic heterocycles. The lowest BCUT2D eigenvalue weighted by Gasteiger charge is -2.13. The number of hydrogen-bond donors (Lipinski definition) is 2. The first-order chi connectivity index (χ1) is 8.63. The Hall–Kier alpha value is -1.12. The molecule has 1 unspecified atom stereocenters. The zero-order valence-corrected chi connectivity index (χ0v) is 11.5. The van der Waals surface area contributed by atoms with Crippen molar-refractivity contribution in [3.8, 4) is 0 Å². The summed E-state index contributed by atoms with van der Waals surface area (Å²) in [6.07, 6.45) is 3.47. The van der Waals surface area contributed by atoms with Crippen LogP contribution in [0, 0.1) is 5.92 Å². The molecule has 0 spiro atoms. The Morgan fingerprint density at radius 2 is 1.94 bits per heavy atom. The Bertz CT molecular complexity index is 343. The van der Waals surface area contributed by atoms with Crippen molar-refractivity contribution in [3.05, 3.63) is 48.0 Å². The van der Waals surface area contributed by atoms with Gasteiger partial charge in [0.1, 0.15) is 0 Å². The molecule has 0 fully saturated rings. The molecule has 2 nitrogen and oxygen atoms in total. The highest BCUT2D eigenvalue weighted by atomic mass is 16.3. The van der Waals surface area contributed by atoms with Gasteiger partial charge in [0, 0.05) is 6.54 Å². The minimum atomic E-state index is -0.428. The quantitative estimate of drug-likeness (QED) is 0.546. The fourth-order valence-corrected chi connectivity index (χ4v) is 1.91. The lowest BCUT2D eigenvalue weighted by atomic mass is 10.0. The molecule has 1 aromatic carbocycles. The molecule has 0 heterocycles. The third-order valence-electron chi connectivity index (χ3n) is 2.87. The van der Waals surface area contributed by atoms with E-state index in [-0.39, 0.29) is 0 Å². The number of aliphatic hydroxyl groups excluding tert-OH is 1. The van der Waals surface area contributed by atoms with Crippen molar-refractivity contribution in [3.63, 3.8) is 0 Å². The van der Waals surface area contributed by atoms with E-state index in [0.717, 1.165) is 24.9 Å². The molecule has 0 amide bonds. The Kier molecular flexibility index (Phi) is 6.69. The van der Waals surface area contributed by atoms with Crippen molar-refractivity contribution in [2.75, 3.05) is 13.1 Å². The highest BCUT2D eigenvalue weighted by molar-refractivity contribution is 5.24. The van der Waals surface area contributed by atoms with E-state index in [4.69, 9.17) is 0 Å². The Morgan fingerprint density at radius 3 is 2.50 bits per heavy atom. The van der Waals surface area contributed by atoms with Crippen molar-refractivity contribution >= 4 is 0 Å². The van der Waals surface area contributed by atoms with Crippen LogP contribution in [0.3, 0.4) is 0 Å². The average Bonchev–Trinajstić information content (AvgIpc) is 2.34. The molecule has 0 aliphatic rings. The minimum Gasteiger partial charge on any atom is -0.387 e. The van der Waals surface area contributed by atoms with E-state index in [1.165, 1.54) is 5.56 Å². The summed E-state index contributed by atoms with van der Waals surface area (Å²) in [5.74, 6) is 0.668. The van der Waals surface area contributed by atoms with Gasteiger partial charge < -0.3 is 10.4 Å². The average molecular weight is 247 g/mol. The Balaban J connectivity index is 2.43. The van der Waals surface area contributed by atoms with Crippen LogP contribution in [-0.2, 0) is 6.42 Å². The number of nitrogens with one attached hydrogen (secondary N) is 1. The van der Waals surface area contributed by atoms with Crippen LogP contribution >= 0.6 is 0 Å². The summed E-state index contributed by atoms with van der Waals surface area (Å²) in [6, 6.07) is 8.28. The molecule has 2 heteroatoms. The highest BCUT2D eigenvalue weighted by Gasteiger charge is 2.06. The molecule has 0 saturated carbocycles. The van der Waals surface area contributed by atoms with Crippen molar-refractivity contribution in [1.82, 2.24) is 5.32 Å². The molecule has 0 bridgehead atoms. The standard InChI is InChI=1S/C16H25NO/c1-4-5-10-17-12-16(18)15-8-6-14(7-9-15)11-13(2)3/h4,6-9,13,16-18H,1,5,10-12H2,2-3H3. The van der Waals surface area contributed by atoms with E-state index < -0.39 is 6.10 Å². The van der Waals surface area contributed by atoms with Crippen LogP contribution in [0.15, 0.2) is 36.9 Å². The predicted molar refractivity (Wildman–Crippen MR) is 77.6 cm³/mol. The van der Waals surface area contributed by atoms with E-state index >= 15 is 0 Å². The largest absolute Gasteiger partial charge is 0.387 e. The van der Waals surface area contributed by atoms with Gasteiger partial charge in [-0.2, -0.15) is 0 Å². The smallest absolute Gasteiger partial charge is 0.0914 e. The maximum Gasteiger partial charge on any atom is 0.0914 e. The van der Waals surface area contributed by atoms with Crippen molar-refractivity contribution in [2.45, 2.75) is 32.8 Å². The molecule has 2 N–H and O–H groups in total. The lowest BCUT2D eigenvalue weighted by molar-refractivity contribution is 0.175. The molecular weight excluding hydrogens is 222 g/mol. The molecule has 18 heavy (non-hydrogen) atoms. The van der Waals surface area contributed by atoms with Gasteiger partial charge >= 0.3 is 0 Å². The molecule has 0 aromatic heterocycles. The van der Waals surface area contributed by atoms with Gasteiger partial charge in [-0.05, 0) is 36.4 Å². The highest BCUT2D eigenvalue weighted by Crippen LogP contribution is 2.15. The van der Waals surface area contributed by atoms with Gasteiger partial charge in [-0.15, -0.1) is 6.58 Å². The fraction of sp³-hybridized carbons (Fsp3) is 0.500. The van der Waals surface area contributed by atoms with Gasteiger partial charge in [0.05, 0.1) is 6.10 Å². The maximum absolute atomic E-state index is 10.0. The van der Waals surface area contributed by atoms with Gasteiger partial charge in [-0.3, -0.25) is 0 Å². The maximum atomic E-state index is 10.0. The van der Waals surface area contributed by atoms with E-state index in [1.54, 1.807) is 0 Å². The van der Waals surface area contributed by atoms with E-state index in [1.807, 2.05) is 18.2 Å². The van der Waals surface area contributed by atoms with Crippen LogP contribution in [0.25, 0.3) is 0 Å². The summed E-state index contributed by atoms with van der Waals surface area (Å²) in [4.78, 5) is 0. The molecule has 0 saturated heterocycles. The topological polar surface area (TPSA) is 32.3 Å². The van der Waals surface area contributed by atoms with Gasteiger partial charge in [0.15, 0.2) is 0 Å². The summed E-state index contributed by atoms with van der Waals surface area (Å²) < 4.78 is 0. The summed E-state index contributed by atoms with van der Waals surface area (Å²) in [7, 11) is 0. The van der Waals surface area contributed by atoms with E-state index in [2.05, 4.69) is 37.9 Å². The van der Waals surface area contributed by atoms with E-state index in [0.29, 0.717) is 12.5 Å². The monoisotopic (exact) mass is 247 g/mol. The number of aliphatic hydroxyl groups is 1. The van der Waals surface area contributed by atoms with Crippen LogP contribution in [-0.4, -0.2) is 18.2 Å². The van der Waals surface area contributed by atoms with Crippen LogP contribution in [0.4, 0.5) is 0 Å². The van der Waals surface area contributed by atoms with Crippen molar-refractivity contribution in [1.29, 1.82) is 0 Å². The fourth-order valence-electron chi connectivity index (χ4n) is 1.91. The zero-order chi connectivity index (χ0) is 13.4. The van der Waals surface area contributed by atoms with E-state index in [9.17, 15) is 5.11 Å². The Labute approximate surface area is 111 Å². The normalized spacial score (nSPS) is 12.7. The van der Waals surface area contributed by atoms with Crippen molar-refractivity contribution in [2.24, 2.45) is 5.92 Å². The second kappa shape index (κ2) is 8.06. The SMILES string of the molecule is C=CCCNCC(O)c1ccc(CC(C)C)cc1. The summed E-state index contributed by atoms with van der Waals surface area (Å²) in [5.41, 5.74) is 2.31. The van der Waals surface area contributed by atoms with Gasteiger partial charge in [-0.25, -0.2) is 0 Å². The molecule has 1 aromatic rings. The first-order valence-corrected chi connectivity index (χ1v) is 6.72. The molecule has 1 rings (SSSR count). The summed E-state index contributed by atoms with van der Waals surface area (Å²) in [6.45, 7) is 9.56. The number of benzene rings is 1. The first kappa shape index (κ1) is 14.9. The summed E-state index contributed by atoms with van der Waals surface area (Å²) >= 11 is 0.